The van der Waals surface area contributed by atoms with Crippen LogP contribution >= 0.6 is 11.8 Å². The van der Waals surface area contributed by atoms with Gasteiger partial charge >= 0.3 is 0 Å². The second-order valence-corrected chi connectivity index (χ2v) is 7.60. The number of carbonyl (C=O) groups excluding carboxylic acids is 1. The minimum Gasteiger partial charge on any atom is -0.378 e. The molecule has 3 rings (SSSR count). The zero-order chi connectivity index (χ0) is 17.5. The molecule has 0 spiro atoms. The molecule has 1 amide bonds. The summed E-state index contributed by atoms with van der Waals surface area (Å²) in [6.07, 6.45) is 9.94. The molecule has 7 heteroatoms. The SMILES string of the molecule is CSc1ncc(CN2CCC(CCC(=O)N3CCOCC3)CC2)cn1. The van der Waals surface area contributed by atoms with Gasteiger partial charge in [0, 0.05) is 44.0 Å². The third-order valence-corrected chi connectivity index (χ3v) is 5.68. The first-order valence-corrected chi connectivity index (χ1v) is 10.4. The van der Waals surface area contributed by atoms with Gasteiger partial charge in [-0.1, -0.05) is 11.8 Å². The van der Waals surface area contributed by atoms with Crippen LogP contribution in [0.2, 0.25) is 0 Å². The smallest absolute Gasteiger partial charge is 0.222 e. The van der Waals surface area contributed by atoms with Gasteiger partial charge < -0.3 is 9.64 Å². The van der Waals surface area contributed by atoms with Gasteiger partial charge in [0.05, 0.1) is 13.2 Å². The van der Waals surface area contributed by atoms with E-state index in [1.807, 2.05) is 23.5 Å². The van der Waals surface area contributed by atoms with Crippen LogP contribution in [0.5, 0.6) is 0 Å². The summed E-state index contributed by atoms with van der Waals surface area (Å²) in [7, 11) is 0. The Morgan fingerprint density at radius 3 is 2.52 bits per heavy atom. The Morgan fingerprint density at radius 2 is 1.88 bits per heavy atom. The fourth-order valence-corrected chi connectivity index (χ4v) is 3.84. The Hall–Kier alpha value is -1.18. The number of piperidine rings is 1. The number of amides is 1. The summed E-state index contributed by atoms with van der Waals surface area (Å²) in [5.41, 5.74) is 1.18. The molecule has 0 saturated carbocycles. The molecule has 0 radical (unpaired) electrons. The number of morpholine rings is 1. The van der Waals surface area contributed by atoms with Crippen LogP contribution in [0.25, 0.3) is 0 Å². The van der Waals surface area contributed by atoms with Crippen molar-refractivity contribution in [1.29, 1.82) is 0 Å². The van der Waals surface area contributed by atoms with Crippen molar-refractivity contribution in [2.24, 2.45) is 5.92 Å². The molecule has 0 aromatic carbocycles. The number of rotatable bonds is 6. The summed E-state index contributed by atoms with van der Waals surface area (Å²) in [5, 5.41) is 0.826. The molecule has 138 valence electrons. The summed E-state index contributed by atoms with van der Waals surface area (Å²) in [4.78, 5) is 25.4. The quantitative estimate of drug-likeness (QED) is 0.569. The number of likely N-dealkylation sites (tertiary alicyclic amines) is 1. The summed E-state index contributed by atoms with van der Waals surface area (Å²) in [6.45, 7) is 6.01. The first-order valence-electron chi connectivity index (χ1n) is 9.17. The van der Waals surface area contributed by atoms with Crippen molar-refractivity contribution < 1.29 is 9.53 Å². The van der Waals surface area contributed by atoms with E-state index in [0.29, 0.717) is 31.5 Å². The maximum absolute atomic E-state index is 12.2. The van der Waals surface area contributed by atoms with Gasteiger partial charge in [0.2, 0.25) is 5.91 Å². The molecule has 0 unspecified atom stereocenters. The Balaban J connectivity index is 1.35. The Labute approximate surface area is 154 Å². The molecule has 3 heterocycles. The zero-order valence-corrected chi connectivity index (χ0v) is 15.8. The van der Waals surface area contributed by atoms with Gasteiger partial charge in [-0.3, -0.25) is 9.69 Å². The number of hydrogen-bond donors (Lipinski definition) is 0. The van der Waals surface area contributed by atoms with E-state index in [4.69, 9.17) is 4.74 Å². The van der Waals surface area contributed by atoms with E-state index in [2.05, 4.69) is 14.9 Å². The van der Waals surface area contributed by atoms with Crippen molar-refractivity contribution in [2.75, 3.05) is 45.6 Å². The highest BCUT2D eigenvalue weighted by atomic mass is 32.2. The minimum atomic E-state index is 0.303. The minimum absolute atomic E-state index is 0.303. The van der Waals surface area contributed by atoms with Gasteiger partial charge in [-0.15, -0.1) is 0 Å². The summed E-state index contributed by atoms with van der Waals surface area (Å²) < 4.78 is 5.31. The molecule has 1 aromatic heterocycles. The summed E-state index contributed by atoms with van der Waals surface area (Å²) in [5.74, 6) is 0.980. The van der Waals surface area contributed by atoms with Crippen molar-refractivity contribution in [3.05, 3.63) is 18.0 Å². The van der Waals surface area contributed by atoms with E-state index in [1.54, 1.807) is 11.8 Å². The van der Waals surface area contributed by atoms with E-state index in [1.165, 1.54) is 18.4 Å². The van der Waals surface area contributed by atoms with Crippen molar-refractivity contribution in [3.63, 3.8) is 0 Å². The zero-order valence-electron chi connectivity index (χ0n) is 15.0. The van der Waals surface area contributed by atoms with Crippen LogP contribution in [-0.4, -0.2) is 71.3 Å². The Bertz CT molecular complexity index is 541. The van der Waals surface area contributed by atoms with Crippen LogP contribution in [-0.2, 0) is 16.1 Å². The van der Waals surface area contributed by atoms with Crippen LogP contribution in [0.3, 0.4) is 0 Å². The van der Waals surface area contributed by atoms with Gasteiger partial charge in [0.1, 0.15) is 0 Å². The number of aromatic nitrogens is 2. The van der Waals surface area contributed by atoms with Crippen molar-refractivity contribution in [2.45, 2.75) is 37.4 Å². The number of ether oxygens (including phenoxy) is 1. The molecular weight excluding hydrogens is 336 g/mol. The first kappa shape index (κ1) is 18.6. The van der Waals surface area contributed by atoms with Crippen LogP contribution in [0.4, 0.5) is 0 Å². The maximum Gasteiger partial charge on any atom is 0.222 e. The van der Waals surface area contributed by atoms with Crippen LogP contribution in [0.1, 0.15) is 31.2 Å². The monoisotopic (exact) mass is 364 g/mol. The second kappa shape index (κ2) is 9.50. The largest absolute Gasteiger partial charge is 0.378 e. The number of carbonyl (C=O) groups is 1. The third-order valence-electron chi connectivity index (χ3n) is 5.11. The molecule has 0 aliphatic carbocycles. The average molecular weight is 365 g/mol. The van der Waals surface area contributed by atoms with E-state index in [0.717, 1.165) is 44.3 Å². The molecule has 0 atom stereocenters. The molecule has 1 aromatic rings. The number of nitrogens with zero attached hydrogens (tertiary/aromatic N) is 4. The van der Waals surface area contributed by atoms with Gasteiger partial charge in [-0.25, -0.2) is 9.97 Å². The number of thioether (sulfide) groups is 1. The molecule has 6 nitrogen and oxygen atoms in total. The molecule has 25 heavy (non-hydrogen) atoms. The second-order valence-electron chi connectivity index (χ2n) is 6.83. The summed E-state index contributed by atoms with van der Waals surface area (Å²) in [6, 6.07) is 0. The Kier molecular flexibility index (Phi) is 7.07. The van der Waals surface area contributed by atoms with Gasteiger partial charge in [0.15, 0.2) is 5.16 Å². The molecule has 2 fully saturated rings. The fourth-order valence-electron chi connectivity index (χ4n) is 3.52. The lowest BCUT2D eigenvalue weighted by Crippen LogP contribution is -2.41. The van der Waals surface area contributed by atoms with Crippen molar-refractivity contribution >= 4 is 17.7 Å². The predicted molar refractivity (Wildman–Crippen MR) is 98.4 cm³/mol. The first-order chi connectivity index (χ1) is 12.2. The molecule has 2 aliphatic heterocycles. The van der Waals surface area contributed by atoms with Crippen molar-refractivity contribution in [1.82, 2.24) is 19.8 Å². The normalized spacial score (nSPS) is 20.0. The predicted octanol–water partition coefficient (Wildman–Crippen LogP) is 2.05. The molecule has 0 N–H and O–H groups in total. The van der Waals surface area contributed by atoms with E-state index in [9.17, 15) is 4.79 Å². The van der Waals surface area contributed by atoms with Gasteiger partial charge in [0.25, 0.3) is 0 Å². The van der Waals surface area contributed by atoms with E-state index < -0.39 is 0 Å². The highest BCUT2D eigenvalue weighted by Gasteiger charge is 2.22. The summed E-state index contributed by atoms with van der Waals surface area (Å²) >= 11 is 1.57. The van der Waals surface area contributed by atoms with Crippen LogP contribution < -0.4 is 0 Å². The third kappa shape index (κ3) is 5.66. The standard InChI is InChI=1S/C18H28N4O2S/c1-25-18-19-12-16(13-20-18)14-21-6-4-15(5-7-21)2-3-17(23)22-8-10-24-11-9-22/h12-13,15H,2-11,14H2,1H3. The molecule has 2 aliphatic rings. The Morgan fingerprint density at radius 1 is 1.20 bits per heavy atom. The average Bonchev–Trinajstić information content (AvgIpc) is 2.68. The number of hydrogen-bond acceptors (Lipinski definition) is 6. The van der Waals surface area contributed by atoms with Gasteiger partial charge in [-0.05, 0) is 44.5 Å². The lowest BCUT2D eigenvalue weighted by molar-refractivity contribution is -0.135. The molecular formula is C18H28N4O2S. The van der Waals surface area contributed by atoms with Crippen LogP contribution in [0.15, 0.2) is 17.6 Å². The fraction of sp³-hybridized carbons (Fsp3) is 0.722. The van der Waals surface area contributed by atoms with E-state index in [-0.39, 0.29) is 0 Å². The van der Waals surface area contributed by atoms with Crippen molar-refractivity contribution in [3.8, 4) is 0 Å². The lowest BCUT2D eigenvalue weighted by Gasteiger charge is -2.32. The molecule has 2 saturated heterocycles. The van der Waals surface area contributed by atoms with Crippen LogP contribution in [0, 0.1) is 5.92 Å². The molecule has 0 bridgehead atoms. The highest BCUT2D eigenvalue weighted by Crippen LogP contribution is 2.23. The topological polar surface area (TPSA) is 58.6 Å². The van der Waals surface area contributed by atoms with Gasteiger partial charge in [-0.2, -0.15) is 0 Å². The lowest BCUT2D eigenvalue weighted by atomic mass is 9.92. The van der Waals surface area contributed by atoms with E-state index >= 15 is 0 Å². The maximum atomic E-state index is 12.2. The highest BCUT2D eigenvalue weighted by molar-refractivity contribution is 7.98.